The molecule has 8 heteroatoms. The minimum atomic E-state index is 0.0317. The van der Waals surface area contributed by atoms with E-state index < -0.39 is 0 Å². The monoisotopic (exact) mass is 413 g/mol. The van der Waals surface area contributed by atoms with E-state index in [9.17, 15) is 9.59 Å². The van der Waals surface area contributed by atoms with E-state index in [1.807, 2.05) is 34.9 Å². The molecule has 0 spiro atoms. The molecule has 4 heterocycles. The summed E-state index contributed by atoms with van der Waals surface area (Å²) in [6.45, 7) is 6.87. The Balaban J connectivity index is 1.33. The molecule has 4 rings (SSSR count). The van der Waals surface area contributed by atoms with Crippen LogP contribution in [-0.2, 0) is 4.79 Å². The smallest absolute Gasteiger partial charge is 0.265 e. The third-order valence-electron chi connectivity index (χ3n) is 5.60. The van der Waals surface area contributed by atoms with Crippen LogP contribution in [0.25, 0.3) is 10.7 Å². The van der Waals surface area contributed by atoms with Crippen molar-refractivity contribution in [2.24, 2.45) is 0 Å². The van der Waals surface area contributed by atoms with Crippen LogP contribution in [0.2, 0.25) is 0 Å². The summed E-state index contributed by atoms with van der Waals surface area (Å²) in [7, 11) is 0. The summed E-state index contributed by atoms with van der Waals surface area (Å²) in [5.74, 6) is 0.256. The van der Waals surface area contributed by atoms with Gasteiger partial charge in [-0.25, -0.2) is 4.98 Å². The first-order valence-corrected chi connectivity index (χ1v) is 11.1. The number of carbonyl (C=O) groups is 2. The Morgan fingerprint density at radius 2 is 1.76 bits per heavy atom. The maximum absolute atomic E-state index is 13.0. The standard InChI is InChI=1S/C21H27N5O2S/c1-16-19(29-20(23-16)17-7-3-4-8-22-17)21(28)26-13-11-24(12-14-26)15-18(27)25-9-5-2-6-10-25/h3-4,7-8H,2,5-6,9-15H2,1H3. The molecule has 2 fully saturated rings. The van der Waals surface area contributed by atoms with Crippen molar-refractivity contribution in [3.63, 3.8) is 0 Å². The van der Waals surface area contributed by atoms with Gasteiger partial charge in [-0.1, -0.05) is 6.07 Å². The molecule has 0 radical (unpaired) electrons. The average Bonchev–Trinajstić information content (AvgIpc) is 3.16. The summed E-state index contributed by atoms with van der Waals surface area (Å²) in [6, 6.07) is 5.70. The summed E-state index contributed by atoms with van der Waals surface area (Å²) < 4.78 is 0. The number of aryl methyl sites for hydroxylation is 1. The zero-order chi connectivity index (χ0) is 20.2. The first kappa shape index (κ1) is 20.0. The lowest BCUT2D eigenvalue weighted by molar-refractivity contribution is -0.133. The van der Waals surface area contributed by atoms with Crippen molar-refractivity contribution in [1.29, 1.82) is 0 Å². The topological polar surface area (TPSA) is 69.6 Å². The highest BCUT2D eigenvalue weighted by atomic mass is 32.1. The molecule has 0 unspecified atom stereocenters. The van der Waals surface area contributed by atoms with E-state index in [-0.39, 0.29) is 11.8 Å². The van der Waals surface area contributed by atoms with E-state index >= 15 is 0 Å². The van der Waals surface area contributed by atoms with E-state index in [0.717, 1.165) is 55.4 Å². The summed E-state index contributed by atoms with van der Waals surface area (Å²) >= 11 is 1.41. The highest BCUT2D eigenvalue weighted by molar-refractivity contribution is 7.17. The van der Waals surface area contributed by atoms with Gasteiger partial charge in [0.05, 0.1) is 17.9 Å². The molecular formula is C21H27N5O2S. The first-order valence-electron chi connectivity index (χ1n) is 10.3. The van der Waals surface area contributed by atoms with Gasteiger partial charge in [0.25, 0.3) is 5.91 Å². The number of nitrogens with zero attached hydrogens (tertiary/aromatic N) is 5. The normalized spacial score (nSPS) is 18.1. The molecule has 2 aromatic heterocycles. The number of hydrogen-bond donors (Lipinski definition) is 0. The zero-order valence-electron chi connectivity index (χ0n) is 16.8. The summed E-state index contributed by atoms with van der Waals surface area (Å²) in [4.78, 5) is 41.1. The lowest BCUT2D eigenvalue weighted by Gasteiger charge is -2.36. The number of pyridine rings is 1. The van der Waals surface area contributed by atoms with Crippen LogP contribution in [0, 0.1) is 6.92 Å². The minimum Gasteiger partial charge on any atom is -0.342 e. The molecule has 2 aliphatic rings. The summed E-state index contributed by atoms with van der Waals surface area (Å²) in [6.07, 6.45) is 5.19. The molecule has 2 saturated heterocycles. The highest BCUT2D eigenvalue weighted by Crippen LogP contribution is 2.27. The Labute approximate surface area is 175 Å². The molecule has 154 valence electrons. The molecule has 0 N–H and O–H groups in total. The Hall–Kier alpha value is -2.32. The van der Waals surface area contributed by atoms with Gasteiger partial charge in [-0.2, -0.15) is 0 Å². The van der Waals surface area contributed by atoms with Crippen LogP contribution in [0.1, 0.15) is 34.6 Å². The van der Waals surface area contributed by atoms with Crippen LogP contribution in [0.4, 0.5) is 0 Å². The van der Waals surface area contributed by atoms with Crippen molar-refractivity contribution in [3.8, 4) is 10.7 Å². The second-order valence-electron chi connectivity index (χ2n) is 7.66. The van der Waals surface area contributed by atoms with E-state index in [0.29, 0.717) is 24.5 Å². The molecular weight excluding hydrogens is 386 g/mol. The van der Waals surface area contributed by atoms with E-state index in [4.69, 9.17) is 0 Å². The molecule has 0 atom stereocenters. The molecule has 29 heavy (non-hydrogen) atoms. The van der Waals surface area contributed by atoms with Crippen LogP contribution in [0.5, 0.6) is 0 Å². The predicted molar refractivity (Wildman–Crippen MR) is 113 cm³/mol. The molecule has 2 aliphatic heterocycles. The largest absolute Gasteiger partial charge is 0.342 e. The summed E-state index contributed by atoms with van der Waals surface area (Å²) in [5.41, 5.74) is 1.55. The lowest BCUT2D eigenvalue weighted by Crippen LogP contribution is -2.52. The fourth-order valence-electron chi connectivity index (χ4n) is 3.88. The third-order valence-corrected chi connectivity index (χ3v) is 6.77. The Morgan fingerprint density at radius 1 is 1.00 bits per heavy atom. The fraction of sp³-hybridized carbons (Fsp3) is 0.524. The van der Waals surface area contributed by atoms with Gasteiger partial charge >= 0.3 is 0 Å². The number of hydrogen-bond acceptors (Lipinski definition) is 6. The molecule has 0 aromatic carbocycles. The Bertz CT molecular complexity index is 855. The van der Waals surface area contributed by atoms with Gasteiger partial charge < -0.3 is 9.80 Å². The van der Waals surface area contributed by atoms with Crippen molar-refractivity contribution in [3.05, 3.63) is 35.0 Å². The number of amides is 2. The van der Waals surface area contributed by atoms with Gasteiger partial charge in [-0.05, 0) is 38.3 Å². The number of aromatic nitrogens is 2. The van der Waals surface area contributed by atoms with Crippen molar-refractivity contribution in [1.82, 2.24) is 24.7 Å². The van der Waals surface area contributed by atoms with Crippen LogP contribution in [-0.4, -0.2) is 82.3 Å². The highest BCUT2D eigenvalue weighted by Gasteiger charge is 2.27. The van der Waals surface area contributed by atoms with Gasteiger partial charge in [-0.15, -0.1) is 11.3 Å². The van der Waals surface area contributed by atoms with Crippen molar-refractivity contribution >= 4 is 23.2 Å². The zero-order valence-corrected chi connectivity index (χ0v) is 17.7. The van der Waals surface area contributed by atoms with Crippen LogP contribution in [0.3, 0.4) is 0 Å². The predicted octanol–water partition coefficient (Wildman–Crippen LogP) is 2.28. The maximum Gasteiger partial charge on any atom is 0.265 e. The van der Waals surface area contributed by atoms with Crippen molar-refractivity contribution in [2.45, 2.75) is 26.2 Å². The van der Waals surface area contributed by atoms with Gasteiger partial charge in [0.1, 0.15) is 9.88 Å². The third kappa shape index (κ3) is 4.64. The minimum absolute atomic E-state index is 0.0317. The number of carbonyl (C=O) groups excluding carboxylic acids is 2. The van der Waals surface area contributed by atoms with Gasteiger partial charge in [0, 0.05) is 45.5 Å². The van der Waals surface area contributed by atoms with Crippen molar-refractivity contribution in [2.75, 3.05) is 45.8 Å². The Kier molecular flexibility index (Phi) is 6.20. The second kappa shape index (κ2) is 9.00. The number of piperidine rings is 1. The molecule has 2 aromatic rings. The lowest BCUT2D eigenvalue weighted by atomic mass is 10.1. The van der Waals surface area contributed by atoms with E-state index in [2.05, 4.69) is 14.9 Å². The number of likely N-dealkylation sites (tertiary alicyclic amines) is 1. The number of rotatable bonds is 4. The Morgan fingerprint density at radius 3 is 2.45 bits per heavy atom. The SMILES string of the molecule is Cc1nc(-c2ccccn2)sc1C(=O)N1CCN(CC(=O)N2CCCCC2)CC1. The molecule has 2 amide bonds. The number of piperazine rings is 1. The van der Waals surface area contributed by atoms with Gasteiger partial charge in [0.2, 0.25) is 5.91 Å². The van der Waals surface area contributed by atoms with Gasteiger partial charge in [-0.3, -0.25) is 19.5 Å². The molecule has 7 nitrogen and oxygen atoms in total. The molecule has 0 saturated carbocycles. The average molecular weight is 414 g/mol. The maximum atomic E-state index is 13.0. The van der Waals surface area contributed by atoms with E-state index in [1.165, 1.54) is 17.8 Å². The molecule has 0 aliphatic carbocycles. The molecule has 0 bridgehead atoms. The van der Waals surface area contributed by atoms with E-state index in [1.54, 1.807) is 6.20 Å². The van der Waals surface area contributed by atoms with Crippen LogP contribution in [0.15, 0.2) is 24.4 Å². The number of thiazole rings is 1. The first-order chi connectivity index (χ1) is 14.1. The van der Waals surface area contributed by atoms with Gasteiger partial charge in [0.15, 0.2) is 0 Å². The second-order valence-corrected chi connectivity index (χ2v) is 8.66. The fourth-order valence-corrected chi connectivity index (χ4v) is 4.89. The van der Waals surface area contributed by atoms with Crippen molar-refractivity contribution < 1.29 is 9.59 Å². The quantitative estimate of drug-likeness (QED) is 0.769. The van der Waals surface area contributed by atoms with Crippen LogP contribution < -0.4 is 0 Å². The van der Waals surface area contributed by atoms with Crippen LogP contribution >= 0.6 is 11.3 Å². The summed E-state index contributed by atoms with van der Waals surface area (Å²) in [5, 5.41) is 0.775.